The smallest absolute Gasteiger partial charge is 0.231 e. The van der Waals surface area contributed by atoms with Gasteiger partial charge in [0, 0.05) is 5.56 Å². The second-order valence-corrected chi connectivity index (χ2v) is 4.32. The van der Waals surface area contributed by atoms with E-state index in [4.69, 9.17) is 40.9 Å². The zero-order valence-corrected chi connectivity index (χ0v) is 8.90. The summed E-state index contributed by atoms with van der Waals surface area (Å²) >= 11 is 0. The van der Waals surface area contributed by atoms with Gasteiger partial charge in [0.1, 0.15) is 0 Å². The fourth-order valence-corrected chi connectivity index (χ4v) is 2.11. The zero-order valence-electron chi connectivity index (χ0n) is 8.90. The van der Waals surface area contributed by atoms with E-state index in [1.165, 1.54) is 6.07 Å². The summed E-state index contributed by atoms with van der Waals surface area (Å²) in [7, 11) is 23.1. The van der Waals surface area contributed by atoms with Crippen molar-refractivity contribution in [3.8, 4) is 11.5 Å². The second-order valence-electron chi connectivity index (χ2n) is 4.32. The van der Waals surface area contributed by atoms with Crippen LogP contribution in [-0.4, -0.2) is 44.0 Å². The Morgan fingerprint density at radius 1 is 1.00 bits per heavy atom. The summed E-state index contributed by atoms with van der Waals surface area (Å²) in [6.45, 7) is 0.102. The van der Waals surface area contributed by atoms with Crippen molar-refractivity contribution in [3.05, 3.63) is 23.3 Å². The summed E-state index contributed by atoms with van der Waals surface area (Å²) < 4.78 is 10.4. The summed E-state index contributed by atoms with van der Waals surface area (Å²) in [6.07, 6.45) is 0. The molecular formula is C10H4B4O3. The largest absolute Gasteiger partial charge is 0.454 e. The van der Waals surface area contributed by atoms with E-state index in [0.29, 0.717) is 17.1 Å². The summed E-state index contributed by atoms with van der Waals surface area (Å²) in [5, 5.41) is -3.45. The number of rotatable bonds is 0. The lowest BCUT2D eigenvalue weighted by molar-refractivity contribution is 0.0976. The molecule has 8 radical (unpaired) electrons. The predicted molar refractivity (Wildman–Crippen MR) is 64.3 cm³/mol. The third-order valence-electron chi connectivity index (χ3n) is 3.26. The van der Waals surface area contributed by atoms with Gasteiger partial charge in [-0.2, -0.15) is 0 Å². The molecule has 0 aromatic heterocycles. The van der Waals surface area contributed by atoms with Gasteiger partial charge in [-0.25, -0.2) is 0 Å². The number of carbonyl (C=O) groups excluding carboxylic acids is 1. The molecule has 74 valence electrons. The molecular weight excluding hydrogens is 211 g/mol. The first kappa shape index (κ1) is 10.9. The molecule has 1 aliphatic heterocycles. The van der Waals surface area contributed by atoms with Gasteiger partial charge in [0.25, 0.3) is 0 Å². The maximum Gasteiger partial charge on any atom is 0.231 e. The Kier molecular flexibility index (Phi) is 1.89. The van der Waals surface area contributed by atoms with E-state index < -0.39 is 16.2 Å². The maximum atomic E-state index is 12.0. The molecule has 3 rings (SSSR count). The topological polar surface area (TPSA) is 35.5 Å². The molecule has 2 aliphatic rings. The van der Waals surface area contributed by atoms with Crippen LogP contribution in [0.3, 0.4) is 0 Å². The number of ether oxygens (including phenoxy) is 2. The van der Waals surface area contributed by atoms with Gasteiger partial charge < -0.3 is 9.47 Å². The molecule has 7 heteroatoms. The van der Waals surface area contributed by atoms with Crippen molar-refractivity contribution in [3.63, 3.8) is 0 Å². The van der Waals surface area contributed by atoms with Crippen LogP contribution in [-0.2, 0) is 5.21 Å². The summed E-state index contributed by atoms with van der Waals surface area (Å²) in [4.78, 5) is 12.0. The number of hydrogen-bond donors (Lipinski definition) is 0. The highest BCUT2D eigenvalue weighted by Crippen LogP contribution is 2.52. The standard InChI is InChI=1S/C10H4B4O3/c11-9(12)5-2-7-6(16-3-17-7)1-4(5)8(15)10(9,13)14/h1-2H,3H2. The van der Waals surface area contributed by atoms with Gasteiger partial charge in [-0.15, -0.1) is 0 Å². The average Bonchev–Trinajstić information content (AvgIpc) is 2.76. The van der Waals surface area contributed by atoms with Gasteiger partial charge >= 0.3 is 0 Å². The van der Waals surface area contributed by atoms with Crippen molar-refractivity contribution in [1.29, 1.82) is 0 Å². The van der Waals surface area contributed by atoms with Gasteiger partial charge in [-0.3, -0.25) is 4.79 Å². The molecule has 0 atom stereocenters. The zero-order chi connectivity index (χ0) is 12.4. The Morgan fingerprint density at radius 2 is 1.59 bits per heavy atom. The maximum absolute atomic E-state index is 12.0. The minimum atomic E-state index is -1.83. The van der Waals surface area contributed by atoms with Gasteiger partial charge in [-0.1, -0.05) is 5.21 Å². The first-order valence-corrected chi connectivity index (χ1v) is 5.00. The minimum Gasteiger partial charge on any atom is -0.454 e. The molecule has 0 bridgehead atoms. The molecule has 1 aliphatic carbocycles. The highest BCUT2D eigenvalue weighted by Gasteiger charge is 2.50. The number of benzene rings is 1. The van der Waals surface area contributed by atoms with Crippen molar-refractivity contribution in [1.82, 2.24) is 0 Å². The van der Waals surface area contributed by atoms with Crippen LogP contribution in [0.2, 0.25) is 5.21 Å². The van der Waals surface area contributed by atoms with E-state index in [1.807, 2.05) is 0 Å². The van der Waals surface area contributed by atoms with Crippen LogP contribution in [0.1, 0.15) is 15.9 Å². The first-order chi connectivity index (χ1) is 7.85. The van der Waals surface area contributed by atoms with E-state index in [0.717, 1.165) is 0 Å². The Morgan fingerprint density at radius 3 is 2.24 bits per heavy atom. The number of carbonyl (C=O) groups is 1. The number of ketones is 1. The van der Waals surface area contributed by atoms with Crippen LogP contribution in [0.15, 0.2) is 12.1 Å². The third-order valence-corrected chi connectivity index (χ3v) is 3.26. The fraction of sp³-hybridized carbons (Fsp3) is 0.300. The minimum absolute atomic E-state index is 0.102. The third kappa shape index (κ3) is 1.15. The molecule has 0 saturated carbocycles. The number of fused-ring (bicyclic) bond motifs is 2. The SMILES string of the molecule is [B]C1([B])C(=O)c2cc3c(cc2C1([B])[B])OCO3. The van der Waals surface area contributed by atoms with Crippen LogP contribution in [0.4, 0.5) is 0 Å². The molecule has 0 unspecified atom stereocenters. The lowest BCUT2D eigenvalue weighted by atomic mass is 9.30. The van der Waals surface area contributed by atoms with Crippen LogP contribution < -0.4 is 9.47 Å². The lowest BCUT2D eigenvalue weighted by Gasteiger charge is -2.36. The Labute approximate surface area is 104 Å². The normalized spacial score (nSPS) is 22.5. The van der Waals surface area contributed by atoms with Gasteiger partial charge in [-0.05, 0) is 22.9 Å². The van der Waals surface area contributed by atoms with E-state index in [-0.39, 0.29) is 12.4 Å². The van der Waals surface area contributed by atoms with Gasteiger partial charge in [0.15, 0.2) is 17.3 Å². The summed E-state index contributed by atoms with van der Waals surface area (Å²) in [5.41, 5.74) is 0.654. The molecule has 0 saturated heterocycles. The molecule has 17 heavy (non-hydrogen) atoms. The molecule has 1 heterocycles. The van der Waals surface area contributed by atoms with E-state index >= 15 is 0 Å². The molecule has 3 nitrogen and oxygen atoms in total. The predicted octanol–water partition coefficient (Wildman–Crippen LogP) is -0.445. The highest BCUT2D eigenvalue weighted by atomic mass is 16.7. The van der Waals surface area contributed by atoms with Crippen LogP contribution in [0.25, 0.3) is 0 Å². The van der Waals surface area contributed by atoms with Crippen molar-refractivity contribution in [2.45, 2.75) is 10.4 Å². The van der Waals surface area contributed by atoms with E-state index in [2.05, 4.69) is 0 Å². The number of hydrogen-bond acceptors (Lipinski definition) is 3. The van der Waals surface area contributed by atoms with Crippen molar-refractivity contribution < 1.29 is 14.3 Å². The Bertz CT molecular complexity index is 539. The first-order valence-electron chi connectivity index (χ1n) is 5.00. The van der Waals surface area contributed by atoms with E-state index in [1.54, 1.807) is 6.07 Å². The van der Waals surface area contributed by atoms with Crippen molar-refractivity contribution in [2.24, 2.45) is 0 Å². The number of Topliss-reactive ketones (excluding diaryl/α,β-unsaturated/α-hetero) is 1. The van der Waals surface area contributed by atoms with Crippen LogP contribution in [0.5, 0.6) is 11.5 Å². The van der Waals surface area contributed by atoms with Gasteiger partial charge in [0.2, 0.25) is 6.79 Å². The van der Waals surface area contributed by atoms with Crippen molar-refractivity contribution >= 4 is 37.2 Å². The summed E-state index contributed by atoms with van der Waals surface area (Å²) in [5.74, 6) is 0.441. The second kappa shape index (κ2) is 2.95. The fourth-order valence-electron chi connectivity index (χ4n) is 2.11. The monoisotopic (exact) mass is 216 g/mol. The van der Waals surface area contributed by atoms with Crippen molar-refractivity contribution in [2.75, 3.05) is 6.79 Å². The van der Waals surface area contributed by atoms with E-state index in [9.17, 15) is 4.79 Å². The molecule has 0 fully saturated rings. The lowest BCUT2D eigenvalue weighted by Crippen LogP contribution is -2.41. The molecule has 1 aromatic rings. The van der Waals surface area contributed by atoms with Crippen LogP contribution >= 0.6 is 0 Å². The summed E-state index contributed by atoms with van der Waals surface area (Å²) in [6, 6.07) is 3.06. The molecule has 1 aromatic carbocycles. The van der Waals surface area contributed by atoms with Crippen LogP contribution in [0, 0.1) is 0 Å². The van der Waals surface area contributed by atoms with Gasteiger partial charge in [0.05, 0.1) is 31.4 Å². The highest BCUT2D eigenvalue weighted by molar-refractivity contribution is 6.65. The Hall–Kier alpha value is -1.25. The molecule has 0 N–H and O–H groups in total. The Balaban J connectivity index is 2.28. The molecule has 0 spiro atoms. The average molecular weight is 215 g/mol. The molecule has 0 amide bonds. The quantitative estimate of drug-likeness (QED) is 0.550.